The van der Waals surface area contributed by atoms with Gasteiger partial charge in [-0.2, -0.15) is 0 Å². The van der Waals surface area contributed by atoms with Crippen molar-refractivity contribution in [2.24, 2.45) is 5.41 Å². The van der Waals surface area contributed by atoms with Gasteiger partial charge in [0.2, 0.25) is 10.0 Å². The second-order valence-corrected chi connectivity index (χ2v) is 10.6. The number of nitrogens with zero attached hydrogens (tertiary/aromatic N) is 1. The van der Waals surface area contributed by atoms with Gasteiger partial charge in [-0.3, -0.25) is 9.59 Å². The number of methoxy groups -OCH3 is 1. The van der Waals surface area contributed by atoms with Crippen LogP contribution in [0.3, 0.4) is 0 Å². The van der Waals surface area contributed by atoms with Gasteiger partial charge in [0.25, 0.3) is 0 Å². The van der Waals surface area contributed by atoms with Gasteiger partial charge in [-0.25, -0.2) is 12.7 Å². The van der Waals surface area contributed by atoms with Crippen molar-refractivity contribution in [3.05, 3.63) is 28.8 Å². The summed E-state index contributed by atoms with van der Waals surface area (Å²) < 4.78 is 31.3. The highest BCUT2D eigenvalue weighted by atomic mass is 32.2. The lowest BCUT2D eigenvalue weighted by Crippen LogP contribution is -2.48. The molecule has 1 saturated carbocycles. The number of carbonyl (C=O) groups is 2. The van der Waals surface area contributed by atoms with E-state index in [0.29, 0.717) is 50.1 Å². The molecule has 1 heterocycles. The Bertz CT molecular complexity index is 1000. The topological polar surface area (TPSA) is 80.8 Å². The summed E-state index contributed by atoms with van der Waals surface area (Å²) in [5, 5.41) is 0. The van der Waals surface area contributed by atoms with Crippen LogP contribution in [0.25, 0.3) is 0 Å². The molecule has 1 aliphatic heterocycles. The fourth-order valence-corrected chi connectivity index (χ4v) is 5.91. The Balaban J connectivity index is 1.86. The minimum absolute atomic E-state index is 0.0669. The minimum atomic E-state index is -3.25. The third-order valence-corrected chi connectivity index (χ3v) is 8.29. The highest BCUT2D eigenvalue weighted by Gasteiger charge is 2.48. The molecule has 2 aliphatic rings. The minimum Gasteiger partial charge on any atom is -0.496 e. The van der Waals surface area contributed by atoms with Gasteiger partial charge in [0.05, 0.1) is 12.9 Å². The fourth-order valence-electron chi connectivity index (χ4n) is 4.80. The first-order chi connectivity index (χ1) is 14.2. The van der Waals surface area contributed by atoms with Crippen LogP contribution < -0.4 is 4.74 Å². The van der Waals surface area contributed by atoms with Crippen LogP contribution in [0.15, 0.2) is 12.1 Å². The summed E-state index contributed by atoms with van der Waals surface area (Å²) in [6.07, 6.45) is 1.67. The van der Waals surface area contributed by atoms with Crippen LogP contribution >= 0.6 is 0 Å². The fraction of sp³-hybridized carbons (Fsp3) is 0.565. The molecule has 6 nitrogen and oxygen atoms in total. The lowest BCUT2D eigenvalue weighted by atomic mass is 9.63. The van der Waals surface area contributed by atoms with Crippen molar-refractivity contribution in [1.82, 2.24) is 4.31 Å². The highest BCUT2D eigenvalue weighted by molar-refractivity contribution is 7.89. The van der Waals surface area contributed by atoms with E-state index in [4.69, 9.17) is 4.74 Å². The van der Waals surface area contributed by atoms with Crippen LogP contribution in [-0.4, -0.2) is 50.2 Å². The van der Waals surface area contributed by atoms with E-state index in [0.717, 1.165) is 11.1 Å². The molecule has 1 spiro atoms. The molecule has 1 aromatic rings. The normalized spacial score (nSPS) is 20.1. The number of benzene rings is 1. The van der Waals surface area contributed by atoms with Crippen molar-refractivity contribution in [1.29, 1.82) is 0 Å². The molecule has 0 radical (unpaired) electrons. The van der Waals surface area contributed by atoms with E-state index in [1.807, 2.05) is 13.0 Å². The molecular formula is C23H29NO5S. The Morgan fingerprint density at radius 1 is 1.17 bits per heavy atom. The van der Waals surface area contributed by atoms with Crippen molar-refractivity contribution < 1.29 is 22.7 Å². The third kappa shape index (κ3) is 4.17. The zero-order valence-corrected chi connectivity index (χ0v) is 18.9. The Kier molecular flexibility index (Phi) is 6.40. The summed E-state index contributed by atoms with van der Waals surface area (Å²) in [5.41, 5.74) is 1.81. The van der Waals surface area contributed by atoms with Crippen LogP contribution in [0.5, 0.6) is 5.75 Å². The van der Waals surface area contributed by atoms with E-state index in [1.165, 1.54) is 11.4 Å². The monoisotopic (exact) mass is 431 g/mol. The molecule has 0 amide bonds. The van der Waals surface area contributed by atoms with E-state index in [9.17, 15) is 18.0 Å². The third-order valence-electron chi connectivity index (χ3n) is 6.41. The Morgan fingerprint density at radius 3 is 2.27 bits per heavy atom. The van der Waals surface area contributed by atoms with Crippen molar-refractivity contribution in [2.75, 3.05) is 26.0 Å². The van der Waals surface area contributed by atoms with E-state index < -0.39 is 21.4 Å². The molecule has 1 saturated heterocycles. The SMILES string of the molecule is CC#Cc1cc(C)c(C2C(=O)CC3(CCN(S(=O)(=O)CC)CC3)CC2=O)c(OC)c1. The molecule has 3 rings (SSSR count). The number of ether oxygens (including phenoxy) is 1. The second kappa shape index (κ2) is 8.52. The molecule has 1 aliphatic carbocycles. The van der Waals surface area contributed by atoms with E-state index in [-0.39, 0.29) is 17.3 Å². The van der Waals surface area contributed by atoms with Crippen LogP contribution in [0, 0.1) is 24.2 Å². The predicted molar refractivity (Wildman–Crippen MR) is 115 cm³/mol. The number of sulfonamides is 1. The lowest BCUT2D eigenvalue weighted by molar-refractivity contribution is -0.138. The smallest absolute Gasteiger partial charge is 0.213 e. The number of hydrogen-bond acceptors (Lipinski definition) is 5. The molecular weight excluding hydrogens is 402 g/mol. The summed E-state index contributed by atoms with van der Waals surface area (Å²) in [5.74, 6) is 5.39. The first-order valence-electron chi connectivity index (χ1n) is 10.3. The number of ketones is 2. The zero-order chi connectivity index (χ0) is 22.1. The van der Waals surface area contributed by atoms with Crippen LogP contribution in [0.2, 0.25) is 0 Å². The molecule has 2 fully saturated rings. The van der Waals surface area contributed by atoms with E-state index in [2.05, 4.69) is 11.8 Å². The van der Waals surface area contributed by atoms with Gasteiger partial charge >= 0.3 is 0 Å². The molecule has 30 heavy (non-hydrogen) atoms. The number of carbonyl (C=O) groups excluding carboxylic acids is 2. The molecule has 0 bridgehead atoms. The number of aryl methyl sites for hydroxylation is 1. The van der Waals surface area contributed by atoms with Crippen LogP contribution in [-0.2, 0) is 19.6 Å². The van der Waals surface area contributed by atoms with Gasteiger partial charge in [-0.1, -0.05) is 5.92 Å². The molecule has 0 unspecified atom stereocenters. The first kappa shape index (κ1) is 22.5. The van der Waals surface area contributed by atoms with Gasteiger partial charge in [0.1, 0.15) is 23.2 Å². The molecule has 162 valence electrons. The molecule has 0 N–H and O–H groups in total. The van der Waals surface area contributed by atoms with Crippen molar-refractivity contribution in [2.45, 2.75) is 52.4 Å². The van der Waals surface area contributed by atoms with E-state index in [1.54, 1.807) is 19.9 Å². The summed E-state index contributed by atoms with van der Waals surface area (Å²) in [4.78, 5) is 26.4. The largest absolute Gasteiger partial charge is 0.496 e. The van der Waals surface area contributed by atoms with Crippen molar-refractivity contribution in [3.8, 4) is 17.6 Å². The summed E-state index contributed by atoms with van der Waals surface area (Å²) in [7, 11) is -1.71. The Morgan fingerprint density at radius 2 is 1.77 bits per heavy atom. The summed E-state index contributed by atoms with van der Waals surface area (Å²) >= 11 is 0. The first-order valence-corrected chi connectivity index (χ1v) is 11.9. The number of piperidine rings is 1. The highest BCUT2D eigenvalue weighted by Crippen LogP contribution is 2.47. The van der Waals surface area contributed by atoms with Crippen molar-refractivity contribution >= 4 is 21.6 Å². The predicted octanol–water partition coefficient (Wildman–Crippen LogP) is 2.82. The van der Waals surface area contributed by atoms with Gasteiger partial charge in [-0.05, 0) is 56.7 Å². The average molecular weight is 432 g/mol. The molecule has 0 atom stereocenters. The second-order valence-electron chi connectivity index (χ2n) is 8.30. The lowest BCUT2D eigenvalue weighted by Gasteiger charge is -2.44. The van der Waals surface area contributed by atoms with E-state index >= 15 is 0 Å². The number of Topliss-reactive ketones (excluding diaryl/α,β-unsaturated/α-hetero) is 2. The van der Waals surface area contributed by atoms with Gasteiger partial charge in [0.15, 0.2) is 0 Å². The Labute approximate surface area is 179 Å². The van der Waals surface area contributed by atoms with Gasteiger partial charge in [0, 0.05) is 37.1 Å². The van der Waals surface area contributed by atoms with Gasteiger partial charge < -0.3 is 4.74 Å². The quantitative estimate of drug-likeness (QED) is 0.541. The zero-order valence-electron chi connectivity index (χ0n) is 18.1. The number of rotatable bonds is 4. The van der Waals surface area contributed by atoms with Crippen molar-refractivity contribution in [3.63, 3.8) is 0 Å². The van der Waals surface area contributed by atoms with Gasteiger partial charge in [-0.15, -0.1) is 5.92 Å². The summed E-state index contributed by atoms with van der Waals surface area (Å²) in [6, 6.07) is 3.66. The summed E-state index contributed by atoms with van der Waals surface area (Å²) in [6.45, 7) is 5.99. The van der Waals surface area contributed by atoms with Crippen LogP contribution in [0.4, 0.5) is 0 Å². The molecule has 1 aromatic carbocycles. The molecule has 0 aromatic heterocycles. The van der Waals surface area contributed by atoms with Crippen LogP contribution in [0.1, 0.15) is 62.1 Å². The maximum absolute atomic E-state index is 13.2. The maximum atomic E-state index is 13.2. The average Bonchev–Trinajstić information content (AvgIpc) is 2.69. The molecule has 7 heteroatoms. The standard InChI is InChI=1S/C23H29NO5S/c1-5-7-17-12-16(3)21(20(13-17)29-4)22-18(25)14-23(15-19(22)26)8-10-24(11-9-23)30(27,28)6-2/h12-13,22H,6,8-11,14-15H2,1-4H3. The number of hydrogen-bond donors (Lipinski definition) is 0. The maximum Gasteiger partial charge on any atom is 0.213 e. The Hall–Kier alpha value is -2.17.